The van der Waals surface area contributed by atoms with Crippen LogP contribution in [0.25, 0.3) is 0 Å². The molecule has 1 heterocycles. The fourth-order valence-corrected chi connectivity index (χ4v) is 1.87. The van der Waals surface area contributed by atoms with E-state index in [1.165, 1.54) is 32.4 Å². The van der Waals surface area contributed by atoms with Gasteiger partial charge in [-0.2, -0.15) is 0 Å². The number of likely N-dealkylation sites (tertiary alicyclic amines) is 1. The summed E-state index contributed by atoms with van der Waals surface area (Å²) in [6, 6.07) is 0. The highest BCUT2D eigenvalue weighted by atomic mass is 15.1. The van der Waals surface area contributed by atoms with Gasteiger partial charge in [0.15, 0.2) is 0 Å². The number of rotatable bonds is 0. The van der Waals surface area contributed by atoms with E-state index in [2.05, 4.69) is 25.8 Å². The van der Waals surface area contributed by atoms with E-state index in [0.29, 0.717) is 5.41 Å². The number of nitrogens with zero attached hydrogens (tertiary/aromatic N) is 1. The Morgan fingerprint density at radius 1 is 1.20 bits per heavy atom. The molecule has 0 aromatic heterocycles. The summed E-state index contributed by atoms with van der Waals surface area (Å²) in [5.74, 6) is 0. The quantitative estimate of drug-likeness (QED) is 0.499. The molecular formula is C9H19N. The number of hydrogen-bond donors (Lipinski definition) is 0. The third kappa shape index (κ3) is 2.30. The van der Waals surface area contributed by atoms with E-state index >= 15 is 0 Å². The molecule has 1 saturated heterocycles. The smallest absolute Gasteiger partial charge is 0.00296 e. The molecule has 0 aromatic carbocycles. The Morgan fingerprint density at radius 2 is 1.90 bits per heavy atom. The van der Waals surface area contributed by atoms with Crippen molar-refractivity contribution in [2.24, 2.45) is 5.41 Å². The van der Waals surface area contributed by atoms with Crippen LogP contribution in [0.2, 0.25) is 0 Å². The summed E-state index contributed by atoms with van der Waals surface area (Å²) < 4.78 is 0. The van der Waals surface area contributed by atoms with E-state index < -0.39 is 0 Å². The molecule has 1 heteroatoms. The van der Waals surface area contributed by atoms with Gasteiger partial charge < -0.3 is 4.90 Å². The van der Waals surface area contributed by atoms with Crippen molar-refractivity contribution in [3.8, 4) is 0 Å². The molecule has 1 rings (SSSR count). The molecule has 60 valence electrons. The minimum absolute atomic E-state index is 0.561. The molecule has 0 spiro atoms. The van der Waals surface area contributed by atoms with Gasteiger partial charge in [-0.05, 0) is 31.8 Å². The van der Waals surface area contributed by atoms with E-state index in [-0.39, 0.29) is 0 Å². The van der Waals surface area contributed by atoms with Crippen LogP contribution in [0.15, 0.2) is 0 Å². The SMILES string of the molecule is CN1CCCCC(C)(C)C1. The van der Waals surface area contributed by atoms with E-state index in [9.17, 15) is 0 Å². The largest absolute Gasteiger partial charge is 0.306 e. The fourth-order valence-electron chi connectivity index (χ4n) is 1.87. The zero-order valence-electron chi connectivity index (χ0n) is 7.48. The Labute approximate surface area is 64.4 Å². The standard InChI is InChI=1S/C9H19N/c1-9(2)6-4-5-7-10(3)8-9/h4-8H2,1-3H3. The zero-order chi connectivity index (χ0) is 7.61. The summed E-state index contributed by atoms with van der Waals surface area (Å²) in [5.41, 5.74) is 0.561. The zero-order valence-corrected chi connectivity index (χ0v) is 7.48. The summed E-state index contributed by atoms with van der Waals surface area (Å²) in [4.78, 5) is 2.45. The van der Waals surface area contributed by atoms with Crippen LogP contribution in [0, 0.1) is 5.41 Å². The highest BCUT2D eigenvalue weighted by Gasteiger charge is 2.21. The van der Waals surface area contributed by atoms with E-state index in [0.717, 1.165) is 0 Å². The van der Waals surface area contributed by atoms with Gasteiger partial charge >= 0.3 is 0 Å². The normalized spacial score (nSPS) is 27.9. The molecule has 0 N–H and O–H groups in total. The van der Waals surface area contributed by atoms with E-state index in [1.54, 1.807) is 0 Å². The third-order valence-corrected chi connectivity index (χ3v) is 2.34. The Balaban J connectivity index is 2.46. The van der Waals surface area contributed by atoms with E-state index in [1.807, 2.05) is 0 Å². The Kier molecular flexibility index (Phi) is 2.35. The van der Waals surface area contributed by atoms with Crippen molar-refractivity contribution in [2.45, 2.75) is 33.1 Å². The summed E-state index contributed by atoms with van der Waals surface area (Å²) in [5, 5.41) is 0. The minimum atomic E-state index is 0.561. The van der Waals surface area contributed by atoms with Gasteiger partial charge in [-0.1, -0.05) is 20.3 Å². The molecule has 1 fully saturated rings. The molecule has 1 nitrogen and oxygen atoms in total. The first-order chi connectivity index (χ1) is 4.60. The van der Waals surface area contributed by atoms with Gasteiger partial charge in [-0.15, -0.1) is 0 Å². The monoisotopic (exact) mass is 141 g/mol. The predicted octanol–water partition coefficient (Wildman–Crippen LogP) is 2.13. The molecule has 0 saturated carbocycles. The van der Waals surface area contributed by atoms with Gasteiger partial charge in [0.05, 0.1) is 0 Å². The van der Waals surface area contributed by atoms with Crippen LogP contribution in [-0.4, -0.2) is 25.0 Å². The maximum atomic E-state index is 2.45. The Morgan fingerprint density at radius 3 is 2.60 bits per heavy atom. The van der Waals surface area contributed by atoms with Gasteiger partial charge in [-0.3, -0.25) is 0 Å². The molecule has 0 aromatic rings. The Bertz CT molecular complexity index is 107. The van der Waals surface area contributed by atoms with Crippen molar-refractivity contribution >= 4 is 0 Å². The highest BCUT2D eigenvalue weighted by Crippen LogP contribution is 2.26. The highest BCUT2D eigenvalue weighted by molar-refractivity contribution is 4.75. The van der Waals surface area contributed by atoms with Crippen molar-refractivity contribution in [1.82, 2.24) is 4.90 Å². The average molecular weight is 141 g/mol. The molecule has 0 atom stereocenters. The van der Waals surface area contributed by atoms with Crippen LogP contribution in [0.5, 0.6) is 0 Å². The molecule has 0 bridgehead atoms. The second-order valence-electron chi connectivity index (χ2n) is 4.36. The lowest BCUT2D eigenvalue weighted by atomic mass is 9.88. The Hall–Kier alpha value is -0.0400. The summed E-state index contributed by atoms with van der Waals surface area (Å²) in [7, 11) is 2.23. The molecule has 0 aliphatic carbocycles. The minimum Gasteiger partial charge on any atom is -0.306 e. The van der Waals surface area contributed by atoms with E-state index in [4.69, 9.17) is 0 Å². The maximum Gasteiger partial charge on any atom is 0.00296 e. The van der Waals surface area contributed by atoms with Crippen LogP contribution in [0.3, 0.4) is 0 Å². The van der Waals surface area contributed by atoms with Crippen LogP contribution < -0.4 is 0 Å². The second-order valence-corrected chi connectivity index (χ2v) is 4.36. The maximum absolute atomic E-state index is 2.45. The van der Waals surface area contributed by atoms with Crippen molar-refractivity contribution in [2.75, 3.05) is 20.1 Å². The topological polar surface area (TPSA) is 3.24 Å². The summed E-state index contributed by atoms with van der Waals surface area (Å²) in [6.45, 7) is 7.31. The molecule has 1 aliphatic rings. The second kappa shape index (κ2) is 2.91. The molecule has 0 radical (unpaired) electrons. The van der Waals surface area contributed by atoms with Crippen molar-refractivity contribution in [1.29, 1.82) is 0 Å². The third-order valence-electron chi connectivity index (χ3n) is 2.34. The molecule has 0 amide bonds. The van der Waals surface area contributed by atoms with Gasteiger partial charge in [-0.25, -0.2) is 0 Å². The summed E-state index contributed by atoms with van der Waals surface area (Å²) >= 11 is 0. The van der Waals surface area contributed by atoms with Crippen LogP contribution >= 0.6 is 0 Å². The fraction of sp³-hybridized carbons (Fsp3) is 1.00. The lowest BCUT2D eigenvalue weighted by molar-refractivity contribution is 0.228. The number of hydrogen-bond acceptors (Lipinski definition) is 1. The van der Waals surface area contributed by atoms with Crippen molar-refractivity contribution < 1.29 is 0 Å². The first-order valence-electron chi connectivity index (χ1n) is 4.29. The van der Waals surface area contributed by atoms with Gasteiger partial charge in [0.2, 0.25) is 0 Å². The molecular weight excluding hydrogens is 122 g/mol. The summed E-state index contributed by atoms with van der Waals surface area (Å²) in [6.07, 6.45) is 4.20. The van der Waals surface area contributed by atoms with Gasteiger partial charge in [0.25, 0.3) is 0 Å². The van der Waals surface area contributed by atoms with Gasteiger partial charge in [0.1, 0.15) is 0 Å². The van der Waals surface area contributed by atoms with Crippen molar-refractivity contribution in [3.05, 3.63) is 0 Å². The first-order valence-corrected chi connectivity index (χ1v) is 4.29. The van der Waals surface area contributed by atoms with Crippen LogP contribution in [-0.2, 0) is 0 Å². The molecule has 10 heavy (non-hydrogen) atoms. The first kappa shape index (κ1) is 8.06. The van der Waals surface area contributed by atoms with Crippen molar-refractivity contribution in [3.63, 3.8) is 0 Å². The molecule has 0 unspecified atom stereocenters. The molecule has 1 aliphatic heterocycles. The lowest BCUT2D eigenvalue weighted by Gasteiger charge is -2.26. The van der Waals surface area contributed by atoms with Crippen LogP contribution in [0.4, 0.5) is 0 Å². The lowest BCUT2D eigenvalue weighted by Crippen LogP contribution is -2.29. The average Bonchev–Trinajstić information content (AvgIpc) is 1.90. The van der Waals surface area contributed by atoms with Gasteiger partial charge in [0, 0.05) is 6.54 Å². The van der Waals surface area contributed by atoms with Crippen LogP contribution in [0.1, 0.15) is 33.1 Å². The predicted molar refractivity (Wildman–Crippen MR) is 45.1 cm³/mol.